The van der Waals surface area contributed by atoms with Gasteiger partial charge >= 0.3 is 6.18 Å². The lowest BCUT2D eigenvalue weighted by Gasteiger charge is -2.15. The van der Waals surface area contributed by atoms with E-state index in [1.54, 1.807) is 24.4 Å². The molecule has 146 valence electrons. The molecule has 10 heteroatoms. The van der Waals surface area contributed by atoms with Gasteiger partial charge in [0.2, 0.25) is 0 Å². The van der Waals surface area contributed by atoms with Crippen LogP contribution in [0.25, 0.3) is 17.0 Å². The maximum Gasteiger partial charge on any atom is 0.418 e. The highest BCUT2D eigenvalue weighted by Gasteiger charge is 2.34. The van der Waals surface area contributed by atoms with Crippen LogP contribution in [0, 0.1) is 0 Å². The molecule has 0 fully saturated rings. The van der Waals surface area contributed by atoms with Gasteiger partial charge in [-0.05, 0) is 36.4 Å². The normalized spacial score (nSPS) is 11.4. The highest BCUT2D eigenvalue weighted by molar-refractivity contribution is 6.03. The first-order chi connectivity index (χ1) is 13.9. The van der Waals surface area contributed by atoms with E-state index in [1.165, 1.54) is 41.5 Å². The number of carbonyl (C=O) groups excluding carboxylic acids is 1. The lowest BCUT2D eigenvalue weighted by atomic mass is 10.1. The molecule has 0 aliphatic heterocycles. The summed E-state index contributed by atoms with van der Waals surface area (Å²) in [4.78, 5) is 16.3. The average molecular weight is 399 g/mol. The molecule has 1 amide bonds. The van der Waals surface area contributed by atoms with Crippen LogP contribution in [0.1, 0.15) is 16.1 Å². The van der Waals surface area contributed by atoms with Crippen LogP contribution in [0.5, 0.6) is 0 Å². The van der Waals surface area contributed by atoms with E-state index in [9.17, 15) is 18.0 Å². The van der Waals surface area contributed by atoms with E-state index in [4.69, 9.17) is 4.52 Å². The van der Waals surface area contributed by atoms with Crippen molar-refractivity contribution >= 4 is 11.6 Å². The summed E-state index contributed by atoms with van der Waals surface area (Å²) in [5, 5.41) is 9.79. The first-order valence-corrected chi connectivity index (χ1v) is 8.31. The molecule has 0 atom stereocenters. The van der Waals surface area contributed by atoms with E-state index in [1.807, 2.05) is 0 Å². The molecule has 7 nitrogen and oxygen atoms in total. The molecule has 4 rings (SSSR count). The fraction of sp³-hybridized carbons (Fsp3) is 0.0526. The van der Waals surface area contributed by atoms with Gasteiger partial charge in [0.1, 0.15) is 0 Å². The summed E-state index contributed by atoms with van der Waals surface area (Å²) < 4.78 is 47.0. The topological polar surface area (TPSA) is 85.8 Å². The maximum absolute atomic E-state index is 13.5. The number of hydrogen-bond donors (Lipinski definition) is 1. The molecule has 1 N–H and O–H groups in total. The summed E-state index contributed by atoms with van der Waals surface area (Å²) in [5.74, 6) is -0.561. The second-order valence-corrected chi connectivity index (χ2v) is 5.95. The zero-order valence-electron chi connectivity index (χ0n) is 14.6. The number of aromatic nitrogens is 4. The number of nitrogens with one attached hydrogen (secondary N) is 1. The first-order valence-electron chi connectivity index (χ1n) is 8.31. The summed E-state index contributed by atoms with van der Waals surface area (Å²) in [6.45, 7) is 0. The Kier molecular flexibility index (Phi) is 4.59. The van der Waals surface area contributed by atoms with Crippen LogP contribution >= 0.6 is 0 Å². The molecule has 0 saturated carbocycles. The molecular formula is C19H12F3N5O2. The average Bonchev–Trinajstić information content (AvgIpc) is 3.40. The van der Waals surface area contributed by atoms with Gasteiger partial charge in [-0.2, -0.15) is 18.3 Å². The van der Waals surface area contributed by atoms with Crippen molar-refractivity contribution in [3.63, 3.8) is 0 Å². The fourth-order valence-corrected chi connectivity index (χ4v) is 2.65. The van der Waals surface area contributed by atoms with Crippen molar-refractivity contribution in [3.8, 4) is 17.0 Å². The number of benzene rings is 1. The predicted molar refractivity (Wildman–Crippen MR) is 96.3 cm³/mol. The van der Waals surface area contributed by atoms with Crippen LogP contribution in [-0.4, -0.2) is 25.8 Å². The number of nitrogens with zero attached hydrogens (tertiary/aromatic N) is 4. The molecule has 0 aliphatic rings. The largest absolute Gasteiger partial charge is 0.418 e. The molecule has 0 bridgehead atoms. The summed E-state index contributed by atoms with van der Waals surface area (Å²) in [5.41, 5.74) is -0.772. The Morgan fingerprint density at radius 3 is 2.66 bits per heavy atom. The van der Waals surface area contributed by atoms with E-state index in [0.29, 0.717) is 5.56 Å². The zero-order chi connectivity index (χ0) is 20.4. The molecule has 3 aromatic heterocycles. The van der Waals surface area contributed by atoms with Crippen molar-refractivity contribution in [1.29, 1.82) is 0 Å². The van der Waals surface area contributed by atoms with Crippen LogP contribution in [0.15, 0.2) is 71.8 Å². The number of hydrogen-bond acceptors (Lipinski definition) is 5. The van der Waals surface area contributed by atoms with Crippen LogP contribution in [0.4, 0.5) is 18.9 Å². The number of rotatable bonds is 4. The summed E-state index contributed by atoms with van der Waals surface area (Å²) in [6, 6.07) is 9.79. The Labute approximate surface area is 161 Å². The van der Waals surface area contributed by atoms with Crippen molar-refractivity contribution < 1.29 is 22.5 Å². The Hall–Kier alpha value is -3.95. The molecule has 1 aromatic carbocycles. The number of alkyl halides is 3. The Bertz CT molecular complexity index is 1140. The van der Waals surface area contributed by atoms with Gasteiger partial charge in [-0.1, -0.05) is 5.16 Å². The second kappa shape index (κ2) is 7.23. The zero-order valence-corrected chi connectivity index (χ0v) is 14.6. The van der Waals surface area contributed by atoms with Gasteiger partial charge in [-0.15, -0.1) is 0 Å². The minimum atomic E-state index is -4.68. The maximum atomic E-state index is 13.5. The van der Waals surface area contributed by atoms with Crippen LogP contribution in [0.3, 0.4) is 0 Å². The predicted octanol–water partition coefficient (Wildman–Crippen LogP) is 4.19. The third-order valence-corrected chi connectivity index (χ3v) is 4.01. The van der Waals surface area contributed by atoms with E-state index in [0.717, 1.165) is 6.07 Å². The Balaban J connectivity index is 1.62. The van der Waals surface area contributed by atoms with Crippen molar-refractivity contribution in [2.75, 3.05) is 5.32 Å². The molecule has 29 heavy (non-hydrogen) atoms. The number of pyridine rings is 1. The number of anilines is 1. The molecule has 0 aliphatic carbocycles. The lowest BCUT2D eigenvalue weighted by molar-refractivity contribution is -0.136. The molecule has 0 saturated heterocycles. The van der Waals surface area contributed by atoms with Crippen molar-refractivity contribution in [2.45, 2.75) is 6.18 Å². The van der Waals surface area contributed by atoms with Gasteiger partial charge in [0.05, 0.1) is 16.9 Å². The number of amides is 1. The van der Waals surface area contributed by atoms with Crippen molar-refractivity contribution in [2.24, 2.45) is 0 Å². The van der Waals surface area contributed by atoms with Crippen molar-refractivity contribution in [3.05, 3.63) is 78.5 Å². The number of halogens is 3. The smallest absolute Gasteiger partial charge is 0.355 e. The Morgan fingerprint density at radius 1 is 1.10 bits per heavy atom. The van der Waals surface area contributed by atoms with Crippen LogP contribution in [0.2, 0.25) is 0 Å². The summed E-state index contributed by atoms with van der Waals surface area (Å²) in [7, 11) is 0. The summed E-state index contributed by atoms with van der Waals surface area (Å²) in [6.07, 6.45) is 1.37. The molecule has 0 spiro atoms. The van der Waals surface area contributed by atoms with E-state index >= 15 is 0 Å². The molecule has 0 unspecified atom stereocenters. The highest BCUT2D eigenvalue weighted by atomic mass is 19.4. The van der Waals surface area contributed by atoms with Gasteiger partial charge in [0.15, 0.2) is 11.5 Å². The standard InChI is InChI=1S/C19H12F3N5O2/c20-19(21,22)14-9-13(27-8-2-7-24-27)4-5-15(14)25-18(28)16-10-17(29-26-16)12-3-1-6-23-11-12/h1-11H,(H,25,28). The molecule has 0 radical (unpaired) electrons. The Morgan fingerprint density at radius 2 is 1.97 bits per heavy atom. The monoisotopic (exact) mass is 399 g/mol. The van der Waals surface area contributed by atoms with Gasteiger partial charge < -0.3 is 9.84 Å². The van der Waals surface area contributed by atoms with E-state index < -0.39 is 23.3 Å². The van der Waals surface area contributed by atoms with Crippen molar-refractivity contribution in [1.82, 2.24) is 19.9 Å². The van der Waals surface area contributed by atoms with Gasteiger partial charge in [-0.3, -0.25) is 9.78 Å². The lowest BCUT2D eigenvalue weighted by Crippen LogP contribution is -2.17. The quantitative estimate of drug-likeness (QED) is 0.556. The van der Waals surface area contributed by atoms with Gasteiger partial charge in [-0.25, -0.2) is 4.68 Å². The molecule has 4 aromatic rings. The van der Waals surface area contributed by atoms with E-state index in [2.05, 4.69) is 20.6 Å². The van der Waals surface area contributed by atoms with Crippen LogP contribution in [-0.2, 0) is 6.18 Å². The fourth-order valence-electron chi connectivity index (χ4n) is 2.65. The van der Waals surface area contributed by atoms with E-state index in [-0.39, 0.29) is 17.1 Å². The first kappa shape index (κ1) is 18.4. The second-order valence-electron chi connectivity index (χ2n) is 5.95. The van der Waals surface area contributed by atoms with Gasteiger partial charge in [0.25, 0.3) is 5.91 Å². The van der Waals surface area contributed by atoms with Gasteiger partial charge in [0, 0.05) is 36.4 Å². The minimum absolute atomic E-state index is 0.159. The molecular weight excluding hydrogens is 387 g/mol. The third kappa shape index (κ3) is 3.86. The SMILES string of the molecule is O=C(Nc1ccc(-n2cccn2)cc1C(F)(F)F)c1cc(-c2cccnc2)on1. The summed E-state index contributed by atoms with van der Waals surface area (Å²) >= 11 is 0. The van der Waals surface area contributed by atoms with Crippen LogP contribution < -0.4 is 5.32 Å². The minimum Gasteiger partial charge on any atom is -0.355 e. The highest BCUT2D eigenvalue weighted by Crippen LogP contribution is 2.36. The molecule has 3 heterocycles. The number of carbonyl (C=O) groups is 1. The third-order valence-electron chi connectivity index (χ3n) is 4.01.